The maximum atomic E-state index is 11.2. The Hall–Kier alpha value is -2.70. The quantitative estimate of drug-likeness (QED) is 0.665. The van der Waals surface area contributed by atoms with E-state index in [0.29, 0.717) is 17.9 Å². The zero-order valence-electron chi connectivity index (χ0n) is 11.2. The molecule has 20 heavy (non-hydrogen) atoms. The van der Waals surface area contributed by atoms with E-state index in [0.717, 1.165) is 0 Å². The monoisotopic (exact) mass is 274 g/mol. The van der Waals surface area contributed by atoms with Gasteiger partial charge in [0.05, 0.1) is 11.5 Å². The van der Waals surface area contributed by atoms with Crippen molar-refractivity contribution in [3.05, 3.63) is 40.7 Å². The Balaban J connectivity index is 2.49. The Morgan fingerprint density at radius 1 is 1.30 bits per heavy atom. The van der Waals surface area contributed by atoms with E-state index in [2.05, 4.69) is 15.3 Å². The number of ether oxygens (including phenoxy) is 1. The molecule has 7 nitrogen and oxygen atoms in total. The summed E-state index contributed by atoms with van der Waals surface area (Å²) < 4.78 is 5.34. The normalized spacial score (nSPS) is 10.1. The molecule has 2 rings (SSSR count). The molecule has 104 valence electrons. The molecule has 0 amide bonds. The van der Waals surface area contributed by atoms with Gasteiger partial charge in [0.2, 0.25) is 5.82 Å². The Labute approximate surface area is 115 Å². The molecule has 1 heterocycles. The van der Waals surface area contributed by atoms with E-state index in [1.165, 1.54) is 6.33 Å². The molecule has 2 aromatic rings. The predicted octanol–water partition coefficient (Wildman–Crippen LogP) is 2.49. The maximum absolute atomic E-state index is 11.2. The Morgan fingerprint density at radius 3 is 2.55 bits per heavy atom. The lowest BCUT2D eigenvalue weighted by Gasteiger charge is -2.07. The van der Waals surface area contributed by atoms with Crippen LogP contribution in [0.15, 0.2) is 30.6 Å². The van der Waals surface area contributed by atoms with Crippen LogP contribution < -0.4 is 10.1 Å². The minimum Gasteiger partial charge on any atom is -0.494 e. The third-order valence-corrected chi connectivity index (χ3v) is 2.68. The molecule has 0 atom stereocenters. The van der Waals surface area contributed by atoms with Crippen molar-refractivity contribution in [2.75, 3.05) is 19.0 Å². The summed E-state index contributed by atoms with van der Waals surface area (Å²) in [6.07, 6.45) is 1.30. The van der Waals surface area contributed by atoms with E-state index >= 15 is 0 Å². The smallest absolute Gasteiger partial charge is 0.337 e. The molecule has 1 aromatic heterocycles. The average molecular weight is 274 g/mol. The van der Waals surface area contributed by atoms with Crippen molar-refractivity contribution in [1.82, 2.24) is 9.97 Å². The molecule has 0 radical (unpaired) electrons. The van der Waals surface area contributed by atoms with E-state index in [-0.39, 0.29) is 17.2 Å². The highest BCUT2D eigenvalue weighted by Gasteiger charge is 2.23. The van der Waals surface area contributed by atoms with Gasteiger partial charge in [0.15, 0.2) is 5.69 Å². The van der Waals surface area contributed by atoms with Crippen LogP contribution in [0.25, 0.3) is 11.3 Å². The Bertz CT molecular complexity index is 614. The fraction of sp³-hybridized carbons (Fsp3) is 0.231. The zero-order chi connectivity index (χ0) is 14.5. The Morgan fingerprint density at radius 2 is 2.00 bits per heavy atom. The zero-order valence-corrected chi connectivity index (χ0v) is 11.2. The van der Waals surface area contributed by atoms with Crippen LogP contribution in [0.3, 0.4) is 0 Å². The summed E-state index contributed by atoms with van der Waals surface area (Å²) >= 11 is 0. The van der Waals surface area contributed by atoms with Crippen molar-refractivity contribution < 1.29 is 9.66 Å². The van der Waals surface area contributed by atoms with Gasteiger partial charge in [-0.05, 0) is 31.2 Å². The molecule has 0 spiro atoms. The van der Waals surface area contributed by atoms with Crippen LogP contribution in [0.1, 0.15) is 6.92 Å². The van der Waals surface area contributed by atoms with Gasteiger partial charge in [0.1, 0.15) is 12.1 Å². The molecule has 0 aliphatic heterocycles. The second-order valence-corrected chi connectivity index (χ2v) is 3.88. The molecular weight excluding hydrogens is 260 g/mol. The molecule has 0 fully saturated rings. The number of nitro groups is 1. The van der Waals surface area contributed by atoms with Gasteiger partial charge in [-0.25, -0.2) is 9.97 Å². The first kappa shape index (κ1) is 13.7. The predicted molar refractivity (Wildman–Crippen MR) is 74.8 cm³/mol. The van der Waals surface area contributed by atoms with Crippen LogP contribution in [0.5, 0.6) is 5.75 Å². The average Bonchev–Trinajstić information content (AvgIpc) is 2.47. The van der Waals surface area contributed by atoms with Gasteiger partial charge in [0, 0.05) is 12.6 Å². The standard InChI is InChI=1S/C13H14N4O3/c1-3-20-10-6-4-9(5-7-10)11-12(17(18)19)13(14-2)16-8-15-11/h4-8H,3H2,1-2H3,(H,14,15,16). The molecular formula is C13H14N4O3. The largest absolute Gasteiger partial charge is 0.494 e. The molecule has 0 saturated heterocycles. The van der Waals surface area contributed by atoms with Crippen LogP contribution in [-0.4, -0.2) is 28.5 Å². The van der Waals surface area contributed by atoms with Crippen LogP contribution in [0.4, 0.5) is 11.5 Å². The lowest BCUT2D eigenvalue weighted by atomic mass is 10.1. The van der Waals surface area contributed by atoms with Crippen molar-refractivity contribution in [3.8, 4) is 17.0 Å². The van der Waals surface area contributed by atoms with E-state index in [1.807, 2.05) is 6.92 Å². The number of benzene rings is 1. The number of nitrogens with one attached hydrogen (secondary N) is 1. The molecule has 0 bridgehead atoms. The number of anilines is 1. The van der Waals surface area contributed by atoms with E-state index < -0.39 is 4.92 Å². The van der Waals surface area contributed by atoms with E-state index in [4.69, 9.17) is 4.74 Å². The fourth-order valence-corrected chi connectivity index (χ4v) is 1.82. The van der Waals surface area contributed by atoms with Crippen molar-refractivity contribution in [2.45, 2.75) is 6.92 Å². The number of hydrogen-bond donors (Lipinski definition) is 1. The van der Waals surface area contributed by atoms with Crippen molar-refractivity contribution in [2.24, 2.45) is 0 Å². The van der Waals surface area contributed by atoms with Gasteiger partial charge >= 0.3 is 5.69 Å². The van der Waals surface area contributed by atoms with Gasteiger partial charge in [-0.2, -0.15) is 0 Å². The molecule has 0 aliphatic carbocycles. The highest BCUT2D eigenvalue weighted by Crippen LogP contribution is 2.33. The van der Waals surface area contributed by atoms with Crippen molar-refractivity contribution in [1.29, 1.82) is 0 Å². The molecule has 0 unspecified atom stereocenters. The topological polar surface area (TPSA) is 90.2 Å². The summed E-state index contributed by atoms with van der Waals surface area (Å²) in [5, 5.41) is 13.9. The SMILES string of the molecule is CCOc1ccc(-c2ncnc(NC)c2[N+](=O)[O-])cc1. The van der Waals surface area contributed by atoms with Gasteiger partial charge in [-0.15, -0.1) is 0 Å². The van der Waals surface area contributed by atoms with Crippen molar-refractivity contribution in [3.63, 3.8) is 0 Å². The minimum absolute atomic E-state index is 0.140. The molecule has 0 aliphatic rings. The lowest BCUT2D eigenvalue weighted by molar-refractivity contribution is -0.383. The second kappa shape index (κ2) is 5.96. The van der Waals surface area contributed by atoms with Gasteiger partial charge in [0.25, 0.3) is 0 Å². The summed E-state index contributed by atoms with van der Waals surface area (Å²) in [6, 6.07) is 6.98. The first-order chi connectivity index (χ1) is 9.67. The van der Waals surface area contributed by atoms with E-state index in [9.17, 15) is 10.1 Å². The molecule has 1 aromatic carbocycles. The highest BCUT2D eigenvalue weighted by atomic mass is 16.6. The third-order valence-electron chi connectivity index (χ3n) is 2.68. The summed E-state index contributed by atoms with van der Waals surface area (Å²) in [7, 11) is 1.58. The lowest BCUT2D eigenvalue weighted by Crippen LogP contribution is -2.03. The minimum atomic E-state index is -0.488. The summed E-state index contributed by atoms with van der Waals surface area (Å²) in [6.45, 7) is 2.46. The molecule has 0 saturated carbocycles. The first-order valence-corrected chi connectivity index (χ1v) is 6.07. The Kier molecular flexibility index (Phi) is 4.09. The van der Waals surface area contributed by atoms with Gasteiger partial charge in [-0.1, -0.05) is 0 Å². The second-order valence-electron chi connectivity index (χ2n) is 3.88. The molecule has 7 heteroatoms. The van der Waals surface area contributed by atoms with Gasteiger partial charge < -0.3 is 10.1 Å². The van der Waals surface area contributed by atoms with Crippen LogP contribution in [-0.2, 0) is 0 Å². The summed E-state index contributed by atoms with van der Waals surface area (Å²) in [5.74, 6) is 0.899. The van der Waals surface area contributed by atoms with Crippen molar-refractivity contribution >= 4 is 11.5 Å². The van der Waals surface area contributed by atoms with Crippen LogP contribution in [0.2, 0.25) is 0 Å². The van der Waals surface area contributed by atoms with E-state index in [1.54, 1.807) is 31.3 Å². The third kappa shape index (κ3) is 2.66. The maximum Gasteiger partial charge on any atom is 0.337 e. The summed E-state index contributed by atoms with van der Waals surface area (Å²) in [4.78, 5) is 18.6. The van der Waals surface area contributed by atoms with Gasteiger partial charge in [-0.3, -0.25) is 10.1 Å². The fourth-order valence-electron chi connectivity index (χ4n) is 1.82. The van der Waals surface area contributed by atoms with Crippen LogP contribution in [0, 0.1) is 10.1 Å². The number of aromatic nitrogens is 2. The number of hydrogen-bond acceptors (Lipinski definition) is 6. The van der Waals surface area contributed by atoms with Crippen LogP contribution >= 0.6 is 0 Å². The number of nitrogens with zero attached hydrogens (tertiary/aromatic N) is 3. The highest BCUT2D eigenvalue weighted by molar-refractivity contribution is 5.76. The number of rotatable bonds is 5. The summed E-state index contributed by atoms with van der Waals surface area (Å²) in [5.41, 5.74) is 0.774. The first-order valence-electron chi connectivity index (χ1n) is 6.07. The molecule has 1 N–H and O–H groups in total.